The fourth-order valence-corrected chi connectivity index (χ4v) is 3.46. The van der Waals surface area contributed by atoms with Crippen LogP contribution in [0.25, 0.3) is 21.8 Å². The van der Waals surface area contributed by atoms with Crippen LogP contribution < -0.4 is 10.9 Å². The summed E-state index contributed by atoms with van der Waals surface area (Å²) in [6, 6.07) is 7.66. The van der Waals surface area contributed by atoms with Crippen LogP contribution in [0, 0.1) is 0 Å². The van der Waals surface area contributed by atoms with Crippen LogP contribution in [0.3, 0.4) is 0 Å². The number of hydrogen-bond donors (Lipinski definition) is 2. The highest BCUT2D eigenvalue weighted by Crippen LogP contribution is 2.25. The molecule has 4 rings (SSSR count). The highest BCUT2D eigenvalue weighted by atomic mass is 16.5. The van der Waals surface area contributed by atoms with Crippen LogP contribution in [0.2, 0.25) is 0 Å². The predicted molar refractivity (Wildman–Crippen MR) is 98.1 cm³/mol. The Labute approximate surface area is 149 Å². The van der Waals surface area contributed by atoms with Crippen molar-refractivity contribution in [2.45, 2.75) is 6.54 Å². The molecule has 0 spiro atoms. The maximum atomic E-state index is 12.4. The number of morpholine rings is 1. The predicted octanol–water partition coefficient (Wildman–Crippen LogP) is 0.326. The third-order valence-corrected chi connectivity index (χ3v) is 4.74. The molecule has 0 atom stereocenters. The summed E-state index contributed by atoms with van der Waals surface area (Å²) >= 11 is 0. The Hall–Kier alpha value is -2.71. The van der Waals surface area contributed by atoms with E-state index in [9.17, 15) is 9.59 Å². The smallest absolute Gasteiger partial charge is 0.288 e. The van der Waals surface area contributed by atoms with Gasteiger partial charge in [-0.2, -0.15) is 5.10 Å². The molecule has 26 heavy (non-hydrogen) atoms. The van der Waals surface area contributed by atoms with Gasteiger partial charge in [0, 0.05) is 42.5 Å². The van der Waals surface area contributed by atoms with Crippen LogP contribution >= 0.6 is 0 Å². The lowest BCUT2D eigenvalue weighted by Crippen LogP contribution is -2.41. The summed E-state index contributed by atoms with van der Waals surface area (Å²) in [6.45, 7) is 4.75. The number of fused-ring (bicyclic) bond motifs is 3. The molecule has 1 saturated heterocycles. The third-order valence-electron chi connectivity index (χ3n) is 4.74. The van der Waals surface area contributed by atoms with Gasteiger partial charge >= 0.3 is 0 Å². The molecule has 1 amide bonds. The van der Waals surface area contributed by atoms with Crippen LogP contribution in [0.1, 0.15) is 0 Å². The van der Waals surface area contributed by atoms with E-state index >= 15 is 0 Å². The number of hydrogen-bond acceptors (Lipinski definition) is 5. The largest absolute Gasteiger partial charge is 0.379 e. The van der Waals surface area contributed by atoms with Crippen molar-refractivity contribution in [3.05, 3.63) is 40.8 Å². The molecule has 1 aliphatic rings. The highest BCUT2D eigenvalue weighted by Gasteiger charge is 2.16. The van der Waals surface area contributed by atoms with Crippen molar-refractivity contribution >= 4 is 27.7 Å². The Bertz CT molecular complexity index is 987. The van der Waals surface area contributed by atoms with E-state index in [1.807, 2.05) is 24.3 Å². The average molecular weight is 355 g/mol. The molecule has 1 aromatic carbocycles. The lowest BCUT2D eigenvalue weighted by atomic mass is 10.2. The average Bonchev–Trinajstić information content (AvgIpc) is 2.98. The first-order valence-electron chi connectivity index (χ1n) is 8.75. The summed E-state index contributed by atoms with van der Waals surface area (Å²) < 4.78 is 7.08. The minimum Gasteiger partial charge on any atom is -0.379 e. The van der Waals surface area contributed by atoms with E-state index in [1.165, 1.54) is 0 Å². The first-order valence-corrected chi connectivity index (χ1v) is 8.75. The van der Waals surface area contributed by atoms with Gasteiger partial charge in [-0.3, -0.25) is 14.5 Å². The zero-order valence-electron chi connectivity index (χ0n) is 14.4. The fourth-order valence-electron chi connectivity index (χ4n) is 3.46. The molecule has 1 fully saturated rings. The molecular formula is C18H21N5O3. The zero-order chi connectivity index (χ0) is 17.9. The van der Waals surface area contributed by atoms with Gasteiger partial charge in [-0.05, 0) is 6.07 Å². The minimum absolute atomic E-state index is 0.0974. The lowest BCUT2D eigenvalue weighted by Gasteiger charge is -2.26. The van der Waals surface area contributed by atoms with E-state index in [0.29, 0.717) is 12.1 Å². The van der Waals surface area contributed by atoms with Crippen molar-refractivity contribution in [1.82, 2.24) is 25.0 Å². The van der Waals surface area contributed by atoms with Crippen molar-refractivity contribution in [1.29, 1.82) is 0 Å². The molecule has 3 aromatic rings. The minimum atomic E-state index is -0.292. The van der Waals surface area contributed by atoms with Gasteiger partial charge in [-0.15, -0.1) is 0 Å². The van der Waals surface area contributed by atoms with E-state index in [-0.39, 0.29) is 18.0 Å². The molecular weight excluding hydrogens is 334 g/mol. The van der Waals surface area contributed by atoms with Gasteiger partial charge < -0.3 is 14.6 Å². The number of aromatic amines is 1. The molecule has 0 saturated carbocycles. The number of carbonyl (C=O) groups is 1. The second-order valence-electron chi connectivity index (χ2n) is 6.37. The number of ether oxygens (including phenoxy) is 1. The fraction of sp³-hybridized carbons (Fsp3) is 0.389. The van der Waals surface area contributed by atoms with Gasteiger partial charge in [-0.1, -0.05) is 18.2 Å². The Morgan fingerprint density at radius 3 is 2.88 bits per heavy atom. The number of carbonyl (C=O) groups excluding carboxylic acids is 1. The van der Waals surface area contributed by atoms with E-state index in [1.54, 1.807) is 10.8 Å². The van der Waals surface area contributed by atoms with Gasteiger partial charge in [0.1, 0.15) is 12.1 Å². The van der Waals surface area contributed by atoms with Crippen molar-refractivity contribution in [2.75, 3.05) is 39.4 Å². The maximum Gasteiger partial charge on any atom is 0.288 e. The van der Waals surface area contributed by atoms with Gasteiger partial charge in [0.2, 0.25) is 5.91 Å². The first kappa shape index (κ1) is 16.7. The van der Waals surface area contributed by atoms with Crippen LogP contribution in [0.15, 0.2) is 35.3 Å². The molecule has 0 aliphatic carbocycles. The molecule has 3 heterocycles. The van der Waals surface area contributed by atoms with Crippen molar-refractivity contribution in [3.8, 4) is 0 Å². The van der Waals surface area contributed by atoms with E-state index in [2.05, 4.69) is 20.4 Å². The number of aromatic nitrogens is 3. The van der Waals surface area contributed by atoms with Crippen LogP contribution in [-0.2, 0) is 16.1 Å². The lowest BCUT2D eigenvalue weighted by molar-refractivity contribution is -0.121. The molecule has 2 aromatic heterocycles. The Kier molecular flexibility index (Phi) is 4.68. The monoisotopic (exact) mass is 355 g/mol. The van der Waals surface area contributed by atoms with Gasteiger partial charge in [-0.25, -0.2) is 5.10 Å². The topological polar surface area (TPSA) is 92.2 Å². The molecule has 8 heteroatoms. The number of rotatable bonds is 5. The van der Waals surface area contributed by atoms with Gasteiger partial charge in [0.15, 0.2) is 0 Å². The molecule has 8 nitrogen and oxygen atoms in total. The van der Waals surface area contributed by atoms with Crippen LogP contribution in [-0.4, -0.2) is 65.0 Å². The number of H-pyrrole nitrogens is 1. The second kappa shape index (κ2) is 7.27. The van der Waals surface area contributed by atoms with Crippen LogP contribution in [0.5, 0.6) is 0 Å². The number of para-hydroxylation sites is 1. The SMILES string of the molecule is O=C(Cn1c2ccccc2c2cn[nH]c(=O)c21)NCCN1CCOCC1. The molecule has 0 bridgehead atoms. The number of amides is 1. The molecule has 1 aliphatic heterocycles. The van der Waals surface area contributed by atoms with Crippen LogP contribution in [0.4, 0.5) is 0 Å². The summed E-state index contributed by atoms with van der Waals surface area (Å²) in [5, 5.41) is 11.0. The number of benzene rings is 1. The van der Waals surface area contributed by atoms with Crippen molar-refractivity contribution in [3.63, 3.8) is 0 Å². The highest BCUT2D eigenvalue weighted by molar-refractivity contribution is 6.07. The number of nitrogens with one attached hydrogen (secondary N) is 2. The normalized spacial score (nSPS) is 15.5. The molecule has 136 valence electrons. The van der Waals surface area contributed by atoms with E-state index < -0.39 is 0 Å². The van der Waals surface area contributed by atoms with E-state index in [0.717, 1.165) is 49.1 Å². The quantitative estimate of drug-likeness (QED) is 0.688. The summed E-state index contributed by atoms with van der Waals surface area (Å²) in [4.78, 5) is 27.0. The Morgan fingerprint density at radius 1 is 1.23 bits per heavy atom. The Balaban J connectivity index is 1.52. The summed E-state index contributed by atoms with van der Waals surface area (Å²) in [5.41, 5.74) is 1.04. The van der Waals surface area contributed by atoms with Crippen molar-refractivity contribution < 1.29 is 9.53 Å². The maximum absolute atomic E-state index is 12.4. The Morgan fingerprint density at radius 2 is 2.04 bits per heavy atom. The molecule has 0 radical (unpaired) electrons. The summed E-state index contributed by atoms with van der Waals surface area (Å²) in [5.74, 6) is -0.114. The second-order valence-corrected chi connectivity index (χ2v) is 6.37. The summed E-state index contributed by atoms with van der Waals surface area (Å²) in [6.07, 6.45) is 1.63. The van der Waals surface area contributed by atoms with Gasteiger partial charge in [0.05, 0.1) is 19.4 Å². The first-order chi connectivity index (χ1) is 12.7. The number of nitrogens with zero attached hydrogens (tertiary/aromatic N) is 3. The third kappa shape index (κ3) is 3.21. The zero-order valence-corrected chi connectivity index (χ0v) is 14.4. The van der Waals surface area contributed by atoms with Gasteiger partial charge in [0.25, 0.3) is 5.56 Å². The molecule has 0 unspecified atom stereocenters. The standard InChI is InChI=1S/C18H21N5O3/c24-16(19-5-6-22-7-9-26-10-8-22)12-23-15-4-2-1-3-13(15)14-11-20-21-18(25)17(14)23/h1-4,11H,5-10,12H2,(H,19,24)(H,21,25). The van der Waals surface area contributed by atoms with E-state index in [4.69, 9.17) is 4.74 Å². The molecule has 2 N–H and O–H groups in total. The summed E-state index contributed by atoms with van der Waals surface area (Å²) in [7, 11) is 0. The van der Waals surface area contributed by atoms with Crippen molar-refractivity contribution in [2.24, 2.45) is 0 Å².